The minimum Gasteiger partial charge on any atom is -0.474 e. The molecule has 0 saturated carbocycles. The quantitative estimate of drug-likeness (QED) is 0.828. The average molecular weight is 235 g/mol. The molecule has 92 valence electrons. The molecule has 0 radical (unpaired) electrons. The number of hydrogen-bond acceptors (Lipinski definition) is 5. The van der Waals surface area contributed by atoms with Crippen LogP contribution < -0.4 is 10.1 Å². The highest BCUT2D eigenvalue weighted by Gasteiger charge is 2.12. The van der Waals surface area contributed by atoms with Crippen molar-refractivity contribution < 1.29 is 4.74 Å². The van der Waals surface area contributed by atoms with E-state index in [1.54, 1.807) is 13.2 Å². The van der Waals surface area contributed by atoms with Gasteiger partial charge in [-0.05, 0) is 13.3 Å². The molecule has 6 heteroatoms. The number of aromatic nitrogens is 4. The van der Waals surface area contributed by atoms with Crippen molar-refractivity contribution in [1.82, 2.24) is 20.2 Å². The maximum Gasteiger partial charge on any atom is 0.229 e. The molecule has 2 N–H and O–H groups in total. The van der Waals surface area contributed by atoms with Crippen LogP contribution in [0.25, 0.3) is 11.0 Å². The Morgan fingerprint density at radius 1 is 1.47 bits per heavy atom. The molecule has 0 aromatic carbocycles. The lowest BCUT2D eigenvalue weighted by atomic mass is 10.2. The highest BCUT2D eigenvalue weighted by molar-refractivity contribution is 5.80. The molecular formula is C11H17N5O. The summed E-state index contributed by atoms with van der Waals surface area (Å²) >= 11 is 0. The standard InChI is InChI=1S/C11H17N5O/c1-4-5-7(2)17-10-8-6-13-16-9(8)14-11(12-3)15-10/h6-7H,4-5H2,1-3H3,(H2,12,13,14,15,16). The molecule has 17 heavy (non-hydrogen) atoms. The van der Waals surface area contributed by atoms with Gasteiger partial charge >= 0.3 is 0 Å². The van der Waals surface area contributed by atoms with Gasteiger partial charge in [0, 0.05) is 7.05 Å². The van der Waals surface area contributed by atoms with Crippen LogP contribution in [0.1, 0.15) is 26.7 Å². The molecular weight excluding hydrogens is 218 g/mol. The molecule has 0 amide bonds. The van der Waals surface area contributed by atoms with Gasteiger partial charge in [-0.2, -0.15) is 15.1 Å². The molecule has 0 saturated heterocycles. The molecule has 2 rings (SSSR count). The zero-order valence-corrected chi connectivity index (χ0v) is 10.3. The Labute approximate surface area is 99.8 Å². The lowest BCUT2D eigenvalue weighted by molar-refractivity contribution is 0.204. The van der Waals surface area contributed by atoms with E-state index in [4.69, 9.17) is 4.74 Å². The van der Waals surface area contributed by atoms with Gasteiger partial charge in [-0.25, -0.2) is 0 Å². The summed E-state index contributed by atoms with van der Waals surface area (Å²) in [6.07, 6.45) is 3.90. The first kappa shape index (κ1) is 11.6. The molecule has 0 aliphatic heterocycles. The van der Waals surface area contributed by atoms with E-state index < -0.39 is 0 Å². The number of H-pyrrole nitrogens is 1. The summed E-state index contributed by atoms with van der Waals surface area (Å²) in [6.45, 7) is 4.17. The van der Waals surface area contributed by atoms with Crippen molar-refractivity contribution >= 4 is 17.0 Å². The molecule has 6 nitrogen and oxygen atoms in total. The predicted molar refractivity (Wildman–Crippen MR) is 66.2 cm³/mol. The van der Waals surface area contributed by atoms with Gasteiger partial charge in [0.15, 0.2) is 5.65 Å². The van der Waals surface area contributed by atoms with E-state index in [-0.39, 0.29) is 6.10 Å². The summed E-state index contributed by atoms with van der Waals surface area (Å²) in [7, 11) is 1.77. The Bertz CT molecular complexity index is 496. The van der Waals surface area contributed by atoms with Gasteiger partial charge in [0.2, 0.25) is 11.8 Å². The average Bonchev–Trinajstić information content (AvgIpc) is 2.77. The van der Waals surface area contributed by atoms with Gasteiger partial charge in [-0.15, -0.1) is 0 Å². The van der Waals surface area contributed by atoms with Crippen LogP contribution in [0, 0.1) is 0 Å². The van der Waals surface area contributed by atoms with E-state index in [2.05, 4.69) is 32.4 Å². The highest BCUT2D eigenvalue weighted by atomic mass is 16.5. The lowest BCUT2D eigenvalue weighted by Gasteiger charge is -2.13. The van der Waals surface area contributed by atoms with Crippen LogP contribution in [-0.2, 0) is 0 Å². The monoisotopic (exact) mass is 235 g/mol. The van der Waals surface area contributed by atoms with E-state index >= 15 is 0 Å². The molecule has 2 heterocycles. The van der Waals surface area contributed by atoms with E-state index in [9.17, 15) is 0 Å². The van der Waals surface area contributed by atoms with E-state index in [0.717, 1.165) is 18.2 Å². The van der Waals surface area contributed by atoms with E-state index in [0.29, 0.717) is 17.5 Å². The third kappa shape index (κ3) is 2.46. The minimum atomic E-state index is 0.137. The first-order valence-corrected chi connectivity index (χ1v) is 5.80. The van der Waals surface area contributed by atoms with Crippen LogP contribution in [0.4, 0.5) is 5.95 Å². The molecule has 2 aromatic heterocycles. The Morgan fingerprint density at radius 2 is 2.29 bits per heavy atom. The molecule has 0 fully saturated rings. The number of nitrogens with one attached hydrogen (secondary N) is 2. The highest BCUT2D eigenvalue weighted by Crippen LogP contribution is 2.23. The summed E-state index contributed by atoms with van der Waals surface area (Å²) < 4.78 is 5.82. The normalized spacial score (nSPS) is 12.6. The van der Waals surface area contributed by atoms with Gasteiger partial charge in [0.1, 0.15) is 5.39 Å². The van der Waals surface area contributed by atoms with Crippen molar-refractivity contribution in [2.24, 2.45) is 0 Å². The summed E-state index contributed by atoms with van der Waals surface area (Å²) in [4.78, 5) is 8.56. The fraction of sp³-hybridized carbons (Fsp3) is 0.545. The lowest BCUT2D eigenvalue weighted by Crippen LogP contribution is -2.13. The van der Waals surface area contributed by atoms with Crippen LogP contribution >= 0.6 is 0 Å². The van der Waals surface area contributed by atoms with Gasteiger partial charge in [-0.3, -0.25) is 5.10 Å². The molecule has 1 atom stereocenters. The smallest absolute Gasteiger partial charge is 0.229 e. The summed E-state index contributed by atoms with van der Waals surface area (Å²) in [5, 5.41) is 10.5. The second kappa shape index (κ2) is 4.99. The van der Waals surface area contributed by atoms with Crippen LogP contribution in [-0.4, -0.2) is 33.3 Å². The fourth-order valence-electron chi connectivity index (χ4n) is 1.67. The van der Waals surface area contributed by atoms with Crippen molar-refractivity contribution in [3.05, 3.63) is 6.20 Å². The zero-order chi connectivity index (χ0) is 12.3. The maximum atomic E-state index is 5.82. The topological polar surface area (TPSA) is 75.7 Å². The van der Waals surface area contributed by atoms with Crippen molar-refractivity contribution in [2.75, 3.05) is 12.4 Å². The molecule has 0 bridgehead atoms. The molecule has 1 unspecified atom stereocenters. The van der Waals surface area contributed by atoms with Gasteiger partial charge in [0.05, 0.1) is 12.3 Å². The van der Waals surface area contributed by atoms with E-state index in [1.807, 2.05) is 6.92 Å². The Morgan fingerprint density at radius 3 is 3.00 bits per heavy atom. The second-order valence-corrected chi connectivity index (χ2v) is 3.95. The van der Waals surface area contributed by atoms with Crippen LogP contribution in [0.15, 0.2) is 6.20 Å². The SMILES string of the molecule is CCCC(C)Oc1nc(NC)nc2[nH]ncc12. The molecule has 0 spiro atoms. The summed E-state index contributed by atoms with van der Waals surface area (Å²) in [6, 6.07) is 0. The minimum absolute atomic E-state index is 0.137. The number of fused-ring (bicyclic) bond motifs is 1. The maximum absolute atomic E-state index is 5.82. The fourth-order valence-corrected chi connectivity index (χ4v) is 1.67. The number of ether oxygens (including phenoxy) is 1. The van der Waals surface area contributed by atoms with Gasteiger partial charge < -0.3 is 10.1 Å². The van der Waals surface area contributed by atoms with Crippen LogP contribution in [0.5, 0.6) is 5.88 Å². The van der Waals surface area contributed by atoms with E-state index in [1.165, 1.54) is 0 Å². The second-order valence-electron chi connectivity index (χ2n) is 3.95. The first-order valence-electron chi connectivity index (χ1n) is 5.80. The number of aromatic amines is 1. The largest absolute Gasteiger partial charge is 0.474 e. The van der Waals surface area contributed by atoms with Gasteiger partial charge in [0.25, 0.3) is 0 Å². The molecule has 2 aromatic rings. The van der Waals surface area contributed by atoms with Crippen LogP contribution in [0.2, 0.25) is 0 Å². The van der Waals surface area contributed by atoms with Crippen LogP contribution in [0.3, 0.4) is 0 Å². The number of anilines is 1. The van der Waals surface area contributed by atoms with Crippen molar-refractivity contribution in [3.8, 4) is 5.88 Å². The first-order chi connectivity index (χ1) is 8.24. The third-order valence-corrected chi connectivity index (χ3v) is 2.51. The number of nitrogens with zero attached hydrogens (tertiary/aromatic N) is 3. The zero-order valence-electron chi connectivity index (χ0n) is 10.3. The Balaban J connectivity index is 2.33. The third-order valence-electron chi connectivity index (χ3n) is 2.51. The van der Waals surface area contributed by atoms with Crippen molar-refractivity contribution in [2.45, 2.75) is 32.8 Å². The Hall–Kier alpha value is -1.85. The Kier molecular flexibility index (Phi) is 3.41. The molecule has 0 aliphatic rings. The summed E-state index contributed by atoms with van der Waals surface area (Å²) in [5.74, 6) is 1.11. The number of hydrogen-bond donors (Lipinski definition) is 2. The van der Waals surface area contributed by atoms with Gasteiger partial charge in [-0.1, -0.05) is 13.3 Å². The molecule has 0 aliphatic carbocycles. The van der Waals surface area contributed by atoms with Crippen molar-refractivity contribution in [1.29, 1.82) is 0 Å². The number of rotatable bonds is 5. The predicted octanol–water partition coefficient (Wildman–Crippen LogP) is 1.96. The van der Waals surface area contributed by atoms with Crippen molar-refractivity contribution in [3.63, 3.8) is 0 Å². The summed E-state index contributed by atoms with van der Waals surface area (Å²) in [5.41, 5.74) is 0.683.